The third-order valence-corrected chi connectivity index (χ3v) is 2.47. The average Bonchev–Trinajstić information content (AvgIpc) is 2.17. The lowest BCUT2D eigenvalue weighted by atomic mass is 10.0. The molecule has 0 aliphatic heterocycles. The number of halogens is 3. The minimum absolute atomic E-state index is 0.173. The van der Waals surface area contributed by atoms with Crippen molar-refractivity contribution in [3.05, 3.63) is 29.6 Å². The molecule has 5 heteroatoms. The molecule has 0 heterocycles. The van der Waals surface area contributed by atoms with Gasteiger partial charge in [0, 0.05) is 0 Å². The molecule has 2 N–H and O–H groups in total. The molecule has 16 heavy (non-hydrogen) atoms. The number of benzene rings is 1. The standard InChI is InChI=1S/C11H14F3NO/c1-6(11(2,3)16)15-8-5-4-7(12)9(13)10(8)14/h4-6,15-16H,1-3H3. The Kier molecular flexibility index (Phi) is 3.48. The van der Waals surface area contributed by atoms with E-state index in [0.29, 0.717) is 0 Å². The van der Waals surface area contributed by atoms with Crippen LogP contribution in [-0.2, 0) is 0 Å². The summed E-state index contributed by atoms with van der Waals surface area (Å²) in [5, 5.41) is 12.2. The lowest BCUT2D eigenvalue weighted by Gasteiger charge is -2.27. The highest BCUT2D eigenvalue weighted by Crippen LogP contribution is 2.22. The van der Waals surface area contributed by atoms with E-state index in [4.69, 9.17) is 0 Å². The summed E-state index contributed by atoms with van der Waals surface area (Å²) in [6.07, 6.45) is 0. The van der Waals surface area contributed by atoms with Gasteiger partial charge in [0.25, 0.3) is 0 Å². The minimum Gasteiger partial charge on any atom is -0.388 e. The summed E-state index contributed by atoms with van der Waals surface area (Å²) in [6, 6.07) is 1.42. The maximum absolute atomic E-state index is 13.3. The second kappa shape index (κ2) is 4.33. The minimum atomic E-state index is -1.52. The summed E-state index contributed by atoms with van der Waals surface area (Å²) < 4.78 is 38.8. The number of hydrogen-bond acceptors (Lipinski definition) is 2. The molecule has 0 bridgehead atoms. The second-order valence-corrected chi connectivity index (χ2v) is 4.24. The monoisotopic (exact) mass is 233 g/mol. The predicted molar refractivity (Wildman–Crippen MR) is 55.7 cm³/mol. The van der Waals surface area contributed by atoms with Crippen molar-refractivity contribution in [3.63, 3.8) is 0 Å². The number of nitrogens with one attached hydrogen (secondary N) is 1. The molecule has 0 radical (unpaired) electrons. The van der Waals surface area contributed by atoms with E-state index in [9.17, 15) is 18.3 Å². The fraction of sp³-hybridized carbons (Fsp3) is 0.455. The second-order valence-electron chi connectivity index (χ2n) is 4.24. The van der Waals surface area contributed by atoms with Gasteiger partial charge < -0.3 is 10.4 Å². The van der Waals surface area contributed by atoms with E-state index in [2.05, 4.69) is 5.32 Å². The highest BCUT2D eigenvalue weighted by molar-refractivity contribution is 5.46. The van der Waals surface area contributed by atoms with E-state index in [1.165, 1.54) is 13.8 Å². The van der Waals surface area contributed by atoms with Crippen LogP contribution in [0.15, 0.2) is 12.1 Å². The van der Waals surface area contributed by atoms with Gasteiger partial charge in [-0.3, -0.25) is 0 Å². The first-order valence-corrected chi connectivity index (χ1v) is 4.86. The van der Waals surface area contributed by atoms with Crippen LogP contribution in [0, 0.1) is 17.5 Å². The van der Waals surface area contributed by atoms with Gasteiger partial charge in [-0.25, -0.2) is 13.2 Å². The Hall–Kier alpha value is -1.23. The molecular weight excluding hydrogens is 219 g/mol. The largest absolute Gasteiger partial charge is 0.388 e. The van der Waals surface area contributed by atoms with Crippen LogP contribution in [0.5, 0.6) is 0 Å². The summed E-state index contributed by atoms with van der Waals surface area (Å²) >= 11 is 0. The molecular formula is C11H14F3NO. The van der Waals surface area contributed by atoms with Crippen molar-refractivity contribution in [1.82, 2.24) is 0 Å². The Morgan fingerprint density at radius 2 is 1.75 bits per heavy atom. The molecule has 0 saturated carbocycles. The number of hydrogen-bond donors (Lipinski definition) is 2. The summed E-state index contributed by atoms with van der Waals surface area (Å²) in [7, 11) is 0. The Bertz CT molecular complexity index is 388. The molecule has 2 nitrogen and oxygen atoms in total. The maximum Gasteiger partial charge on any atom is 0.196 e. The zero-order chi connectivity index (χ0) is 12.5. The molecule has 1 atom stereocenters. The molecule has 0 spiro atoms. The van der Waals surface area contributed by atoms with Gasteiger partial charge in [-0.1, -0.05) is 0 Å². The van der Waals surface area contributed by atoms with Crippen LogP contribution in [0.2, 0.25) is 0 Å². The normalized spacial score (nSPS) is 13.7. The number of anilines is 1. The first-order valence-electron chi connectivity index (χ1n) is 4.86. The predicted octanol–water partition coefficient (Wildman–Crippen LogP) is 2.68. The fourth-order valence-electron chi connectivity index (χ4n) is 1.05. The SMILES string of the molecule is CC(Nc1ccc(F)c(F)c1F)C(C)(C)O. The summed E-state index contributed by atoms with van der Waals surface area (Å²) in [4.78, 5) is 0. The van der Waals surface area contributed by atoms with Gasteiger partial charge in [-0.05, 0) is 32.9 Å². The molecule has 90 valence electrons. The van der Waals surface area contributed by atoms with Crippen molar-refractivity contribution in [1.29, 1.82) is 0 Å². The molecule has 0 fully saturated rings. The number of aliphatic hydroxyl groups is 1. The average molecular weight is 233 g/mol. The topological polar surface area (TPSA) is 32.3 Å². The van der Waals surface area contributed by atoms with Gasteiger partial charge in [0.1, 0.15) is 0 Å². The highest BCUT2D eigenvalue weighted by atomic mass is 19.2. The van der Waals surface area contributed by atoms with E-state index in [0.717, 1.165) is 12.1 Å². The van der Waals surface area contributed by atoms with E-state index in [1.807, 2.05) is 0 Å². The molecule has 1 unspecified atom stereocenters. The van der Waals surface area contributed by atoms with Crippen molar-refractivity contribution in [2.75, 3.05) is 5.32 Å². The zero-order valence-corrected chi connectivity index (χ0v) is 9.31. The van der Waals surface area contributed by atoms with E-state index in [1.54, 1.807) is 6.92 Å². The Labute approximate surface area is 92.1 Å². The van der Waals surface area contributed by atoms with E-state index >= 15 is 0 Å². The molecule has 0 aromatic heterocycles. The van der Waals surface area contributed by atoms with Crippen LogP contribution in [0.3, 0.4) is 0 Å². The van der Waals surface area contributed by atoms with Crippen molar-refractivity contribution >= 4 is 5.69 Å². The van der Waals surface area contributed by atoms with Gasteiger partial charge in [-0.2, -0.15) is 0 Å². The lowest BCUT2D eigenvalue weighted by molar-refractivity contribution is 0.0648. The summed E-state index contributed by atoms with van der Waals surface area (Å²) in [6.45, 7) is 4.67. The van der Waals surface area contributed by atoms with Crippen LogP contribution in [0.4, 0.5) is 18.9 Å². The van der Waals surface area contributed by atoms with Gasteiger partial charge in [0.05, 0.1) is 17.3 Å². The van der Waals surface area contributed by atoms with E-state index in [-0.39, 0.29) is 5.69 Å². The highest BCUT2D eigenvalue weighted by Gasteiger charge is 2.24. The van der Waals surface area contributed by atoms with Gasteiger partial charge in [0.2, 0.25) is 0 Å². The van der Waals surface area contributed by atoms with Crippen molar-refractivity contribution in [3.8, 4) is 0 Å². The van der Waals surface area contributed by atoms with Crippen LogP contribution >= 0.6 is 0 Å². The Morgan fingerprint density at radius 1 is 1.19 bits per heavy atom. The van der Waals surface area contributed by atoms with Crippen LogP contribution in [0.25, 0.3) is 0 Å². The molecule has 0 aliphatic rings. The van der Waals surface area contributed by atoms with Gasteiger partial charge in [0.15, 0.2) is 17.5 Å². The van der Waals surface area contributed by atoms with Crippen molar-refractivity contribution in [2.24, 2.45) is 0 Å². The Balaban J connectivity index is 2.95. The lowest BCUT2D eigenvalue weighted by Crippen LogP contribution is -2.39. The van der Waals surface area contributed by atoms with Crippen LogP contribution in [0.1, 0.15) is 20.8 Å². The fourth-order valence-corrected chi connectivity index (χ4v) is 1.05. The number of rotatable bonds is 3. The molecule has 0 amide bonds. The van der Waals surface area contributed by atoms with Crippen LogP contribution < -0.4 is 5.32 Å². The third-order valence-electron chi connectivity index (χ3n) is 2.47. The van der Waals surface area contributed by atoms with Crippen molar-refractivity contribution < 1.29 is 18.3 Å². The van der Waals surface area contributed by atoms with E-state index < -0.39 is 29.1 Å². The first-order chi connectivity index (χ1) is 7.23. The van der Waals surface area contributed by atoms with Gasteiger partial charge >= 0.3 is 0 Å². The van der Waals surface area contributed by atoms with Crippen molar-refractivity contribution in [2.45, 2.75) is 32.4 Å². The first kappa shape index (κ1) is 12.8. The summed E-state index contributed by atoms with van der Waals surface area (Å²) in [5.74, 6) is -4.04. The smallest absolute Gasteiger partial charge is 0.196 e. The molecule has 0 saturated heterocycles. The molecule has 1 aromatic rings. The Morgan fingerprint density at radius 3 is 2.25 bits per heavy atom. The quantitative estimate of drug-likeness (QED) is 0.787. The summed E-state index contributed by atoms with van der Waals surface area (Å²) in [5.41, 5.74) is -1.27. The molecule has 1 aromatic carbocycles. The van der Waals surface area contributed by atoms with Crippen LogP contribution in [-0.4, -0.2) is 16.7 Å². The zero-order valence-electron chi connectivity index (χ0n) is 9.31. The van der Waals surface area contributed by atoms with Gasteiger partial charge in [-0.15, -0.1) is 0 Å². The molecule has 1 rings (SSSR count). The molecule has 0 aliphatic carbocycles. The third kappa shape index (κ3) is 2.66. The maximum atomic E-state index is 13.3.